The molecule has 54 valence electrons. The van der Waals surface area contributed by atoms with Gasteiger partial charge in [0, 0.05) is 0 Å². The Labute approximate surface area is 81.9 Å². The van der Waals surface area contributed by atoms with Crippen molar-refractivity contribution < 1.29 is 9.47 Å². The minimum Gasteiger partial charge on any atom is -0.362 e. The van der Waals surface area contributed by atoms with Crippen molar-refractivity contribution in [2.75, 3.05) is 13.2 Å². The molecular weight excluding hydrogens is 346 g/mol. The molecule has 0 spiro atoms. The molecule has 0 aromatic rings. The van der Waals surface area contributed by atoms with Crippen LogP contribution in [-0.2, 0) is 9.47 Å². The number of rotatable bonds is 0. The number of alkyl halides is 2. The first-order valence-electron chi connectivity index (χ1n) is 2.69. The van der Waals surface area contributed by atoms with Crippen molar-refractivity contribution in [1.82, 2.24) is 0 Å². The van der Waals surface area contributed by atoms with Crippen molar-refractivity contribution >= 4 is 45.2 Å². The fourth-order valence-electron chi connectivity index (χ4n) is 0.568. The molecule has 0 aliphatic carbocycles. The van der Waals surface area contributed by atoms with Crippen LogP contribution in [0.5, 0.6) is 0 Å². The first-order chi connectivity index (χ1) is 4.10. The first-order valence-corrected chi connectivity index (χ1v) is 5.01. The van der Waals surface area contributed by atoms with Crippen LogP contribution in [0.1, 0.15) is 6.92 Å². The summed E-state index contributed by atoms with van der Waals surface area (Å²) in [6.07, 6.45) is 0. The maximum atomic E-state index is 5.43. The second kappa shape index (κ2) is 3.19. The Hall–Kier alpha value is 1.38. The fourth-order valence-corrected chi connectivity index (χ4v) is 1.29. The second-order valence-electron chi connectivity index (χ2n) is 2.13. The van der Waals surface area contributed by atoms with Gasteiger partial charge in [0.25, 0.3) is 0 Å². The average Bonchev–Trinajstić information content (AvgIpc) is 1.78. The minimum atomic E-state index is -0.0978. The highest BCUT2D eigenvalue weighted by Gasteiger charge is 2.28. The van der Waals surface area contributed by atoms with Gasteiger partial charge in [-0.15, -0.1) is 0 Å². The SMILES string of the molecule is CC1(I)COC(I)CO1. The molecule has 1 aliphatic rings. The highest BCUT2D eigenvalue weighted by Crippen LogP contribution is 2.26. The minimum absolute atomic E-state index is 0.0978. The van der Waals surface area contributed by atoms with Crippen molar-refractivity contribution in [3.05, 3.63) is 0 Å². The molecule has 4 heteroatoms. The van der Waals surface area contributed by atoms with E-state index in [4.69, 9.17) is 9.47 Å². The van der Waals surface area contributed by atoms with Gasteiger partial charge in [-0.2, -0.15) is 0 Å². The summed E-state index contributed by atoms with van der Waals surface area (Å²) in [5.74, 6) is 0. The van der Waals surface area contributed by atoms with Crippen molar-refractivity contribution in [2.24, 2.45) is 0 Å². The van der Waals surface area contributed by atoms with E-state index in [-0.39, 0.29) is 7.72 Å². The third-order valence-electron chi connectivity index (χ3n) is 1.04. The summed E-state index contributed by atoms with van der Waals surface area (Å²) < 4.78 is 10.9. The molecule has 1 aliphatic heterocycles. The molecule has 2 atom stereocenters. The molecule has 1 fully saturated rings. The predicted molar refractivity (Wildman–Crippen MR) is 52.1 cm³/mol. The van der Waals surface area contributed by atoms with Gasteiger partial charge in [0.1, 0.15) is 7.72 Å². The predicted octanol–water partition coefficient (Wildman–Crippen LogP) is 1.95. The lowest BCUT2D eigenvalue weighted by Gasteiger charge is -2.30. The molecule has 0 radical (unpaired) electrons. The van der Waals surface area contributed by atoms with Gasteiger partial charge in [-0.1, -0.05) is 0 Å². The molecule has 1 rings (SSSR count). The van der Waals surface area contributed by atoms with Gasteiger partial charge in [0.15, 0.2) is 0 Å². The van der Waals surface area contributed by atoms with Gasteiger partial charge in [-0.05, 0) is 52.1 Å². The van der Waals surface area contributed by atoms with Gasteiger partial charge in [0.2, 0.25) is 0 Å². The van der Waals surface area contributed by atoms with Crippen molar-refractivity contribution in [3.63, 3.8) is 0 Å². The number of hydrogen-bond donors (Lipinski definition) is 0. The summed E-state index contributed by atoms with van der Waals surface area (Å²) in [7, 11) is 0. The Bertz CT molecular complexity index is 95.1. The van der Waals surface area contributed by atoms with Crippen LogP contribution in [-0.4, -0.2) is 20.9 Å². The van der Waals surface area contributed by atoms with E-state index in [1.165, 1.54) is 0 Å². The zero-order valence-electron chi connectivity index (χ0n) is 5.06. The van der Waals surface area contributed by atoms with Crippen LogP contribution in [0.2, 0.25) is 0 Å². The maximum Gasteiger partial charge on any atom is 0.139 e. The smallest absolute Gasteiger partial charge is 0.139 e. The molecule has 2 nitrogen and oxygen atoms in total. The number of hydrogen-bond acceptors (Lipinski definition) is 2. The molecule has 1 saturated heterocycles. The molecule has 0 aromatic heterocycles. The normalized spacial score (nSPS) is 45.0. The van der Waals surface area contributed by atoms with Crippen LogP contribution in [0.4, 0.5) is 0 Å². The van der Waals surface area contributed by atoms with Crippen LogP contribution in [0, 0.1) is 0 Å². The van der Waals surface area contributed by atoms with Gasteiger partial charge >= 0.3 is 0 Å². The highest BCUT2D eigenvalue weighted by molar-refractivity contribution is 14.1. The van der Waals surface area contributed by atoms with E-state index in [1.807, 2.05) is 6.92 Å². The third-order valence-corrected chi connectivity index (χ3v) is 2.38. The van der Waals surface area contributed by atoms with Crippen LogP contribution < -0.4 is 0 Å². The van der Waals surface area contributed by atoms with E-state index in [9.17, 15) is 0 Å². The molecular formula is C5H8I2O2. The van der Waals surface area contributed by atoms with Crippen LogP contribution in [0.3, 0.4) is 0 Å². The lowest BCUT2D eigenvalue weighted by atomic mass is 10.4. The molecule has 0 saturated carbocycles. The summed E-state index contributed by atoms with van der Waals surface area (Å²) in [6.45, 7) is 3.43. The van der Waals surface area contributed by atoms with Gasteiger partial charge < -0.3 is 9.47 Å². The summed E-state index contributed by atoms with van der Waals surface area (Å²) in [6, 6.07) is 0. The van der Waals surface area contributed by atoms with E-state index < -0.39 is 0 Å². The molecule has 9 heavy (non-hydrogen) atoms. The van der Waals surface area contributed by atoms with Crippen LogP contribution in [0.25, 0.3) is 0 Å². The van der Waals surface area contributed by atoms with Gasteiger partial charge in [-0.3, -0.25) is 0 Å². The molecule has 0 aromatic carbocycles. The Morgan fingerprint density at radius 1 is 1.67 bits per heavy atom. The third kappa shape index (κ3) is 2.85. The Balaban J connectivity index is 2.35. The molecule has 0 bridgehead atoms. The van der Waals surface area contributed by atoms with Crippen molar-refractivity contribution in [2.45, 2.75) is 14.6 Å². The van der Waals surface area contributed by atoms with E-state index >= 15 is 0 Å². The average molecular weight is 354 g/mol. The largest absolute Gasteiger partial charge is 0.362 e. The second-order valence-corrected chi connectivity index (χ2v) is 5.81. The zero-order valence-corrected chi connectivity index (χ0v) is 9.38. The summed E-state index contributed by atoms with van der Waals surface area (Å²) in [5.41, 5.74) is 0. The zero-order chi connectivity index (χ0) is 6.91. The highest BCUT2D eigenvalue weighted by atomic mass is 127. The Kier molecular flexibility index (Phi) is 3.00. The molecule has 0 N–H and O–H groups in total. The number of ether oxygens (including phenoxy) is 2. The van der Waals surface area contributed by atoms with E-state index in [0.29, 0.717) is 13.2 Å². The van der Waals surface area contributed by atoms with Gasteiger partial charge in [0.05, 0.1) is 13.2 Å². The van der Waals surface area contributed by atoms with Crippen molar-refractivity contribution in [1.29, 1.82) is 0 Å². The van der Waals surface area contributed by atoms with Crippen molar-refractivity contribution in [3.8, 4) is 0 Å². The van der Waals surface area contributed by atoms with Crippen LogP contribution >= 0.6 is 45.2 Å². The Morgan fingerprint density at radius 3 is 2.67 bits per heavy atom. The lowest BCUT2D eigenvalue weighted by Crippen LogP contribution is -2.37. The monoisotopic (exact) mass is 354 g/mol. The lowest BCUT2D eigenvalue weighted by molar-refractivity contribution is -0.0968. The summed E-state index contributed by atoms with van der Waals surface area (Å²) in [4.78, 5) is 0. The van der Waals surface area contributed by atoms with Crippen LogP contribution in [0.15, 0.2) is 0 Å². The summed E-state index contributed by atoms with van der Waals surface area (Å²) in [5, 5.41) is 0. The van der Waals surface area contributed by atoms with E-state index in [1.54, 1.807) is 0 Å². The quantitative estimate of drug-likeness (QED) is 0.489. The molecule has 0 amide bonds. The molecule has 1 heterocycles. The maximum absolute atomic E-state index is 5.43. The standard InChI is InChI=1S/C5H8I2O2/c1-5(7)3-8-4(6)2-9-5/h4H,2-3H2,1H3. The fraction of sp³-hybridized carbons (Fsp3) is 1.00. The molecule has 2 unspecified atom stereocenters. The van der Waals surface area contributed by atoms with Gasteiger partial charge in [-0.25, -0.2) is 0 Å². The Morgan fingerprint density at radius 2 is 2.33 bits per heavy atom. The number of halogens is 2. The first kappa shape index (κ1) is 8.48. The van der Waals surface area contributed by atoms with E-state index in [0.717, 1.165) is 0 Å². The van der Waals surface area contributed by atoms with E-state index in [2.05, 4.69) is 45.2 Å². The summed E-state index contributed by atoms with van der Waals surface area (Å²) >= 11 is 4.47. The topological polar surface area (TPSA) is 18.5 Å².